The number of fused-ring (bicyclic) bond motifs is 3. The third-order valence-corrected chi connectivity index (χ3v) is 4.91. The Hall–Kier alpha value is -2.53. The Morgan fingerprint density at radius 3 is 2.62 bits per heavy atom. The number of thioether (sulfide) groups is 1. The van der Waals surface area contributed by atoms with E-state index in [2.05, 4.69) is 4.98 Å². The van der Waals surface area contributed by atoms with Gasteiger partial charge in [0.1, 0.15) is 11.4 Å². The molecule has 0 aliphatic carbocycles. The van der Waals surface area contributed by atoms with Crippen LogP contribution in [0.15, 0.2) is 56.6 Å². The van der Waals surface area contributed by atoms with Crippen LogP contribution in [0.2, 0.25) is 0 Å². The number of rotatable bonds is 2. The molecule has 0 saturated heterocycles. The number of aromatic nitrogens is 1. The van der Waals surface area contributed by atoms with Crippen molar-refractivity contribution in [1.29, 1.82) is 0 Å². The third kappa shape index (κ3) is 3.03. The van der Waals surface area contributed by atoms with Gasteiger partial charge in [-0.05, 0) is 49.1 Å². The second-order valence-electron chi connectivity index (χ2n) is 5.63. The molecule has 3 nitrogen and oxygen atoms in total. The highest BCUT2D eigenvalue weighted by molar-refractivity contribution is 7.98. The molecular weight excluding hydrogens is 349 g/mol. The van der Waals surface area contributed by atoms with Crippen LogP contribution in [0.25, 0.3) is 33.2 Å². The molecule has 0 radical (unpaired) electrons. The van der Waals surface area contributed by atoms with Gasteiger partial charge in [0.05, 0.1) is 5.52 Å². The summed E-state index contributed by atoms with van der Waals surface area (Å²) in [6.45, 7) is 5.77. The number of H-pyrrole nitrogens is 1. The fourth-order valence-electron chi connectivity index (χ4n) is 2.99. The Morgan fingerprint density at radius 1 is 1.12 bits per heavy atom. The number of halogens is 1. The van der Waals surface area contributed by atoms with Crippen molar-refractivity contribution in [3.05, 3.63) is 64.2 Å². The third-order valence-electron chi connectivity index (χ3n) is 4.19. The van der Waals surface area contributed by atoms with Crippen LogP contribution in [0.3, 0.4) is 0 Å². The summed E-state index contributed by atoms with van der Waals surface area (Å²) < 4.78 is 19.6. The van der Waals surface area contributed by atoms with Gasteiger partial charge in [-0.15, -0.1) is 11.8 Å². The summed E-state index contributed by atoms with van der Waals surface area (Å²) in [5, 5.41) is 0.573. The smallest absolute Gasteiger partial charge is 0.252 e. The predicted octanol–water partition coefficient (Wildman–Crippen LogP) is 6.14. The zero-order valence-electron chi connectivity index (χ0n) is 15.1. The van der Waals surface area contributed by atoms with Crippen molar-refractivity contribution >= 4 is 33.8 Å². The fraction of sp³-hybridized carbons (Fsp3) is 0.190. The number of aromatic amines is 1. The minimum atomic E-state index is -0.363. The molecule has 0 atom stereocenters. The van der Waals surface area contributed by atoms with Crippen molar-refractivity contribution in [3.8, 4) is 11.1 Å². The van der Waals surface area contributed by atoms with Crippen LogP contribution in [0.4, 0.5) is 4.39 Å². The van der Waals surface area contributed by atoms with E-state index in [-0.39, 0.29) is 11.4 Å². The van der Waals surface area contributed by atoms with Gasteiger partial charge in [0.25, 0.3) is 5.56 Å². The van der Waals surface area contributed by atoms with Crippen molar-refractivity contribution in [2.24, 2.45) is 0 Å². The van der Waals surface area contributed by atoms with Gasteiger partial charge < -0.3 is 9.40 Å². The molecule has 0 fully saturated rings. The molecule has 1 N–H and O–H groups in total. The highest BCUT2D eigenvalue weighted by Crippen LogP contribution is 2.36. The SMILES string of the molecule is CC.CSc1cccc(-c2c(C)c(=O)[nH]c3c2oc2ccc(F)cc23)c1. The zero-order valence-corrected chi connectivity index (χ0v) is 16.0. The number of furan rings is 1. The van der Waals surface area contributed by atoms with Crippen molar-refractivity contribution in [2.45, 2.75) is 25.7 Å². The molecule has 2 heterocycles. The lowest BCUT2D eigenvalue weighted by Gasteiger charge is -2.07. The summed E-state index contributed by atoms with van der Waals surface area (Å²) in [7, 11) is 0. The monoisotopic (exact) mass is 369 g/mol. The van der Waals surface area contributed by atoms with Crippen molar-refractivity contribution in [2.75, 3.05) is 6.26 Å². The van der Waals surface area contributed by atoms with Crippen LogP contribution in [0.1, 0.15) is 19.4 Å². The lowest BCUT2D eigenvalue weighted by atomic mass is 10.0. The van der Waals surface area contributed by atoms with E-state index in [1.165, 1.54) is 12.1 Å². The molecule has 0 spiro atoms. The molecule has 134 valence electrons. The molecule has 0 bridgehead atoms. The Kier molecular flexibility index (Phi) is 5.18. The normalized spacial score (nSPS) is 10.8. The number of hydrogen-bond donors (Lipinski definition) is 1. The largest absolute Gasteiger partial charge is 0.454 e. The summed E-state index contributed by atoms with van der Waals surface area (Å²) in [5.41, 5.74) is 3.71. The molecule has 4 rings (SSSR count). The van der Waals surface area contributed by atoms with Crippen LogP contribution in [-0.2, 0) is 0 Å². The molecular formula is C21H20FNO2S. The summed E-state index contributed by atoms with van der Waals surface area (Å²) in [6.07, 6.45) is 2.00. The minimum Gasteiger partial charge on any atom is -0.454 e. The maximum Gasteiger partial charge on any atom is 0.252 e. The van der Waals surface area contributed by atoms with Crippen molar-refractivity contribution in [3.63, 3.8) is 0 Å². The van der Waals surface area contributed by atoms with Gasteiger partial charge in [0.2, 0.25) is 0 Å². The van der Waals surface area contributed by atoms with Crippen molar-refractivity contribution < 1.29 is 8.81 Å². The first kappa shape index (κ1) is 18.3. The Balaban J connectivity index is 0.000000948. The Labute approximate surface area is 155 Å². The summed E-state index contributed by atoms with van der Waals surface area (Å²) in [4.78, 5) is 16.3. The Morgan fingerprint density at radius 2 is 1.88 bits per heavy atom. The average Bonchev–Trinajstić information content (AvgIpc) is 3.01. The quantitative estimate of drug-likeness (QED) is 0.432. The number of benzene rings is 2. The van der Waals surface area contributed by atoms with Crippen LogP contribution >= 0.6 is 11.8 Å². The van der Waals surface area contributed by atoms with Crippen LogP contribution < -0.4 is 5.56 Å². The summed E-state index contributed by atoms with van der Waals surface area (Å²) >= 11 is 1.63. The molecule has 0 unspecified atom stereocenters. The average molecular weight is 369 g/mol. The topological polar surface area (TPSA) is 46.0 Å². The highest BCUT2D eigenvalue weighted by Gasteiger charge is 2.18. The van der Waals surface area contributed by atoms with Gasteiger partial charge in [-0.25, -0.2) is 4.39 Å². The molecule has 5 heteroatoms. The molecule has 26 heavy (non-hydrogen) atoms. The van der Waals surface area contributed by atoms with Gasteiger partial charge in [0.15, 0.2) is 5.58 Å². The van der Waals surface area contributed by atoms with Gasteiger partial charge in [-0.1, -0.05) is 26.0 Å². The molecule has 0 amide bonds. The van der Waals surface area contributed by atoms with E-state index < -0.39 is 0 Å². The zero-order chi connectivity index (χ0) is 18.8. The van der Waals surface area contributed by atoms with Gasteiger partial charge >= 0.3 is 0 Å². The van der Waals surface area contributed by atoms with E-state index in [1.807, 2.05) is 44.4 Å². The molecule has 4 aromatic rings. The molecule has 2 aromatic carbocycles. The van der Waals surface area contributed by atoms with Gasteiger partial charge in [-0.2, -0.15) is 0 Å². The molecule has 2 aromatic heterocycles. The van der Waals surface area contributed by atoms with Crippen LogP contribution in [-0.4, -0.2) is 11.2 Å². The molecule has 0 saturated carbocycles. The van der Waals surface area contributed by atoms with Crippen LogP contribution in [0.5, 0.6) is 0 Å². The maximum absolute atomic E-state index is 13.6. The van der Waals surface area contributed by atoms with E-state index in [9.17, 15) is 9.18 Å². The van der Waals surface area contributed by atoms with E-state index in [1.54, 1.807) is 24.8 Å². The van der Waals surface area contributed by atoms with E-state index >= 15 is 0 Å². The maximum atomic E-state index is 13.6. The summed E-state index contributed by atoms with van der Waals surface area (Å²) in [5.74, 6) is -0.363. The lowest BCUT2D eigenvalue weighted by Crippen LogP contribution is -2.10. The second-order valence-corrected chi connectivity index (χ2v) is 6.51. The predicted molar refractivity (Wildman–Crippen MR) is 108 cm³/mol. The minimum absolute atomic E-state index is 0.195. The Bertz CT molecular complexity index is 1140. The van der Waals surface area contributed by atoms with Gasteiger partial charge in [0, 0.05) is 21.4 Å². The summed E-state index contributed by atoms with van der Waals surface area (Å²) in [6, 6.07) is 12.3. The van der Waals surface area contributed by atoms with Gasteiger partial charge in [-0.3, -0.25) is 4.79 Å². The number of pyridine rings is 1. The number of nitrogens with one attached hydrogen (secondary N) is 1. The van der Waals surface area contributed by atoms with Crippen LogP contribution in [0, 0.1) is 12.7 Å². The van der Waals surface area contributed by atoms with E-state index in [4.69, 9.17) is 4.42 Å². The second kappa shape index (κ2) is 7.38. The highest BCUT2D eigenvalue weighted by atomic mass is 32.2. The lowest BCUT2D eigenvalue weighted by molar-refractivity contribution is 0.626. The van der Waals surface area contributed by atoms with E-state index in [0.29, 0.717) is 27.6 Å². The van der Waals surface area contributed by atoms with Crippen molar-refractivity contribution in [1.82, 2.24) is 4.98 Å². The van der Waals surface area contributed by atoms with E-state index in [0.717, 1.165) is 16.0 Å². The molecule has 0 aliphatic heterocycles. The first-order valence-corrected chi connectivity index (χ1v) is 9.70. The number of hydrogen-bond acceptors (Lipinski definition) is 3. The molecule has 0 aliphatic rings. The first-order chi connectivity index (χ1) is 12.6. The standard InChI is InChI=1S/C19H14FNO2S.C2H6/c1-10-16(11-4-3-5-13(8-11)24-2)18-17(21-19(10)22)14-9-12(20)6-7-15(14)23-18;1-2/h3-9H,1-2H3,(H,21,22);1-2H3. The first-order valence-electron chi connectivity index (χ1n) is 8.47. The fourth-order valence-corrected chi connectivity index (χ4v) is 3.45.